The molecule has 1 fully saturated rings. The zero-order valence-corrected chi connectivity index (χ0v) is 17.6. The van der Waals surface area contributed by atoms with Gasteiger partial charge in [-0.3, -0.25) is 0 Å². The molecule has 6 heteroatoms. The Morgan fingerprint density at radius 1 is 0.767 bits per heavy atom. The highest BCUT2D eigenvalue weighted by atomic mass is 19.1. The van der Waals surface area contributed by atoms with Gasteiger partial charge in [-0.05, 0) is 74.2 Å². The van der Waals surface area contributed by atoms with Crippen LogP contribution in [0.15, 0.2) is 42.5 Å². The van der Waals surface area contributed by atoms with Crippen LogP contribution >= 0.6 is 0 Å². The quantitative estimate of drug-likeness (QED) is 0.598. The third-order valence-electron chi connectivity index (χ3n) is 5.08. The lowest BCUT2D eigenvalue weighted by molar-refractivity contribution is 0.443. The Morgan fingerprint density at radius 2 is 1.40 bits per heavy atom. The summed E-state index contributed by atoms with van der Waals surface area (Å²) in [5.74, 6) is -1.66. The first kappa shape index (κ1) is 24.1. The van der Waals surface area contributed by atoms with Crippen molar-refractivity contribution < 1.29 is 17.6 Å². The van der Waals surface area contributed by atoms with Gasteiger partial charge in [-0.2, -0.15) is 0 Å². The number of benzene rings is 2. The van der Waals surface area contributed by atoms with E-state index in [1.807, 2.05) is 19.9 Å². The molecule has 2 aromatic rings. The summed E-state index contributed by atoms with van der Waals surface area (Å²) in [6.45, 7) is 7.44. The highest BCUT2D eigenvalue weighted by molar-refractivity contribution is 5.67. The molecular formula is C24H30F4N2. The molecule has 1 saturated heterocycles. The number of hydrogen-bond donors (Lipinski definition) is 2. The summed E-state index contributed by atoms with van der Waals surface area (Å²) in [7, 11) is 0. The van der Waals surface area contributed by atoms with Gasteiger partial charge in [0, 0.05) is 24.2 Å². The molecule has 0 spiro atoms. The molecule has 0 aromatic heterocycles. The Balaban J connectivity index is 0.000000197. The monoisotopic (exact) mass is 422 g/mol. The summed E-state index contributed by atoms with van der Waals surface area (Å²) in [6.07, 6.45) is 4.60. The molecule has 164 valence electrons. The first-order valence-electron chi connectivity index (χ1n) is 10.6. The zero-order chi connectivity index (χ0) is 21.9. The van der Waals surface area contributed by atoms with E-state index in [0.29, 0.717) is 11.1 Å². The second-order valence-electron chi connectivity index (χ2n) is 7.00. The van der Waals surface area contributed by atoms with E-state index in [9.17, 15) is 17.6 Å². The summed E-state index contributed by atoms with van der Waals surface area (Å²) in [5.41, 5.74) is 2.14. The van der Waals surface area contributed by atoms with Gasteiger partial charge in [-0.15, -0.1) is 0 Å². The molecule has 4 rings (SSSR count). The van der Waals surface area contributed by atoms with Crippen LogP contribution in [0.25, 0.3) is 5.57 Å². The van der Waals surface area contributed by atoms with Gasteiger partial charge in [0.2, 0.25) is 0 Å². The first-order chi connectivity index (χ1) is 14.5. The Kier molecular flexibility index (Phi) is 10.0. The Morgan fingerprint density at radius 3 is 1.97 bits per heavy atom. The number of halogens is 4. The van der Waals surface area contributed by atoms with E-state index in [4.69, 9.17) is 0 Å². The molecule has 0 radical (unpaired) electrons. The molecule has 0 amide bonds. The van der Waals surface area contributed by atoms with Gasteiger partial charge in [0.1, 0.15) is 23.3 Å². The fraction of sp³-hybridized carbons (Fsp3) is 0.417. The predicted octanol–water partition coefficient (Wildman–Crippen LogP) is 5.80. The standard InChI is InChI=1S/C11H13F2N.C11H11F2N.C2H6/c2*12-9-1-2-10(11(13)7-9)8-3-5-14-6-4-8;1-2/h1-2,7-8,14H,3-6H2;1-3,7,14H,4-6H2;1-2H3. The molecule has 0 atom stereocenters. The van der Waals surface area contributed by atoms with E-state index in [2.05, 4.69) is 10.6 Å². The second kappa shape index (κ2) is 12.5. The maximum atomic E-state index is 13.4. The van der Waals surface area contributed by atoms with Crippen molar-refractivity contribution in [2.75, 3.05) is 26.2 Å². The molecule has 2 aliphatic rings. The van der Waals surface area contributed by atoms with Crippen LogP contribution in [0.1, 0.15) is 50.2 Å². The van der Waals surface area contributed by atoms with Crippen LogP contribution in [-0.2, 0) is 0 Å². The Labute approximate surface area is 176 Å². The molecule has 2 nitrogen and oxygen atoms in total. The fourth-order valence-corrected chi connectivity index (χ4v) is 3.58. The number of hydrogen-bond acceptors (Lipinski definition) is 2. The highest BCUT2D eigenvalue weighted by Crippen LogP contribution is 2.27. The van der Waals surface area contributed by atoms with Crippen molar-refractivity contribution in [3.8, 4) is 0 Å². The van der Waals surface area contributed by atoms with Crippen molar-refractivity contribution in [2.24, 2.45) is 0 Å². The zero-order valence-electron chi connectivity index (χ0n) is 17.6. The van der Waals surface area contributed by atoms with Gasteiger partial charge in [0.25, 0.3) is 0 Å². The van der Waals surface area contributed by atoms with E-state index in [-0.39, 0.29) is 5.92 Å². The summed E-state index contributed by atoms with van der Waals surface area (Å²) in [5, 5.41) is 6.36. The lowest BCUT2D eigenvalue weighted by atomic mass is 9.90. The predicted molar refractivity (Wildman–Crippen MR) is 114 cm³/mol. The molecule has 2 aliphatic heterocycles. The summed E-state index contributed by atoms with van der Waals surface area (Å²) in [6, 6.07) is 7.60. The summed E-state index contributed by atoms with van der Waals surface area (Å²) >= 11 is 0. The lowest BCUT2D eigenvalue weighted by Gasteiger charge is -2.23. The summed E-state index contributed by atoms with van der Waals surface area (Å²) < 4.78 is 52.0. The van der Waals surface area contributed by atoms with Crippen LogP contribution in [0, 0.1) is 23.3 Å². The van der Waals surface area contributed by atoms with Crippen molar-refractivity contribution in [2.45, 2.75) is 39.0 Å². The van der Waals surface area contributed by atoms with E-state index >= 15 is 0 Å². The maximum absolute atomic E-state index is 13.4. The topological polar surface area (TPSA) is 24.1 Å². The molecule has 0 aliphatic carbocycles. The first-order valence-corrected chi connectivity index (χ1v) is 10.6. The molecular weight excluding hydrogens is 392 g/mol. The molecule has 0 saturated carbocycles. The molecule has 2 heterocycles. The molecule has 2 N–H and O–H groups in total. The Hall–Kier alpha value is -2.18. The summed E-state index contributed by atoms with van der Waals surface area (Å²) in [4.78, 5) is 0. The third kappa shape index (κ3) is 6.96. The van der Waals surface area contributed by atoms with Crippen LogP contribution in [0.2, 0.25) is 0 Å². The van der Waals surface area contributed by atoms with E-state index < -0.39 is 23.3 Å². The van der Waals surface area contributed by atoms with Gasteiger partial charge in [-0.25, -0.2) is 17.6 Å². The maximum Gasteiger partial charge on any atom is 0.133 e. The van der Waals surface area contributed by atoms with E-state index in [1.54, 1.807) is 6.07 Å². The lowest BCUT2D eigenvalue weighted by Crippen LogP contribution is -2.27. The van der Waals surface area contributed by atoms with Crippen molar-refractivity contribution in [1.82, 2.24) is 10.6 Å². The molecule has 30 heavy (non-hydrogen) atoms. The average molecular weight is 423 g/mol. The Bertz CT molecular complexity index is 830. The van der Waals surface area contributed by atoms with E-state index in [0.717, 1.165) is 63.1 Å². The average Bonchev–Trinajstić information content (AvgIpc) is 2.77. The van der Waals surface area contributed by atoms with Crippen LogP contribution < -0.4 is 10.6 Å². The molecule has 0 unspecified atom stereocenters. The number of nitrogens with one attached hydrogen (secondary N) is 2. The smallest absolute Gasteiger partial charge is 0.133 e. The third-order valence-corrected chi connectivity index (χ3v) is 5.08. The molecule has 0 bridgehead atoms. The van der Waals surface area contributed by atoms with Gasteiger partial charge in [0.05, 0.1) is 0 Å². The second-order valence-corrected chi connectivity index (χ2v) is 7.00. The van der Waals surface area contributed by atoms with Crippen LogP contribution in [-0.4, -0.2) is 26.2 Å². The van der Waals surface area contributed by atoms with Crippen molar-refractivity contribution in [1.29, 1.82) is 0 Å². The number of piperidine rings is 1. The van der Waals surface area contributed by atoms with Gasteiger partial charge in [0.15, 0.2) is 0 Å². The number of rotatable bonds is 2. The van der Waals surface area contributed by atoms with Gasteiger partial charge < -0.3 is 10.6 Å². The normalized spacial score (nSPS) is 16.5. The minimum atomic E-state index is -0.527. The van der Waals surface area contributed by atoms with Gasteiger partial charge >= 0.3 is 0 Å². The van der Waals surface area contributed by atoms with Crippen LogP contribution in [0.3, 0.4) is 0 Å². The van der Waals surface area contributed by atoms with Crippen molar-refractivity contribution in [3.05, 3.63) is 76.9 Å². The fourth-order valence-electron chi connectivity index (χ4n) is 3.58. The largest absolute Gasteiger partial charge is 0.317 e. The minimum Gasteiger partial charge on any atom is -0.317 e. The van der Waals surface area contributed by atoms with Crippen molar-refractivity contribution >= 4 is 5.57 Å². The van der Waals surface area contributed by atoms with E-state index in [1.165, 1.54) is 18.2 Å². The van der Waals surface area contributed by atoms with Crippen molar-refractivity contribution in [3.63, 3.8) is 0 Å². The van der Waals surface area contributed by atoms with Crippen LogP contribution in [0.5, 0.6) is 0 Å². The van der Waals surface area contributed by atoms with Crippen LogP contribution in [0.4, 0.5) is 17.6 Å². The highest BCUT2D eigenvalue weighted by Gasteiger charge is 2.18. The van der Waals surface area contributed by atoms with Gasteiger partial charge in [-0.1, -0.05) is 26.0 Å². The molecule has 2 aromatic carbocycles. The SMILES string of the molecule is CC.Fc1ccc(C2=CCNCC2)c(F)c1.Fc1ccc(C2CCNCC2)c(F)c1. The minimum absolute atomic E-state index is 0.247.